The van der Waals surface area contributed by atoms with E-state index in [4.69, 9.17) is 4.74 Å². The predicted molar refractivity (Wildman–Crippen MR) is 48.8 cm³/mol. The molecular weight excluding hydrogens is 138 g/mol. The van der Waals surface area contributed by atoms with Gasteiger partial charge in [-0.1, -0.05) is 12.2 Å². The van der Waals surface area contributed by atoms with Crippen molar-refractivity contribution < 1.29 is 4.74 Å². The van der Waals surface area contributed by atoms with E-state index in [1.54, 1.807) is 0 Å². The summed E-state index contributed by atoms with van der Waals surface area (Å²) in [6, 6.07) is 0. The molecule has 0 radical (unpaired) electrons. The maximum absolute atomic E-state index is 5.16. The summed E-state index contributed by atoms with van der Waals surface area (Å²) in [5.74, 6) is 0. The summed E-state index contributed by atoms with van der Waals surface area (Å²) in [5, 5.41) is 3.28. The van der Waals surface area contributed by atoms with Crippen LogP contribution in [-0.4, -0.2) is 26.3 Å². The number of hydrogen-bond donors (Lipinski definition) is 1. The van der Waals surface area contributed by atoms with Crippen molar-refractivity contribution in [1.82, 2.24) is 5.32 Å². The van der Waals surface area contributed by atoms with E-state index in [1.165, 1.54) is 0 Å². The van der Waals surface area contributed by atoms with E-state index in [0.29, 0.717) is 0 Å². The van der Waals surface area contributed by atoms with Crippen molar-refractivity contribution in [2.45, 2.75) is 20.3 Å². The van der Waals surface area contributed by atoms with E-state index < -0.39 is 0 Å². The first-order chi connectivity index (χ1) is 5.41. The van der Waals surface area contributed by atoms with E-state index in [2.05, 4.69) is 17.5 Å². The zero-order chi connectivity index (χ0) is 8.36. The Balaban J connectivity index is 2.79. The van der Waals surface area contributed by atoms with E-state index >= 15 is 0 Å². The molecule has 66 valence electrons. The van der Waals surface area contributed by atoms with Crippen LogP contribution in [0.2, 0.25) is 0 Å². The summed E-state index contributed by atoms with van der Waals surface area (Å²) in [6.45, 7) is 7.71. The van der Waals surface area contributed by atoms with Gasteiger partial charge in [0.05, 0.1) is 6.61 Å². The van der Waals surface area contributed by atoms with Crippen molar-refractivity contribution in [3.05, 3.63) is 12.2 Å². The Labute approximate surface area is 69.6 Å². The molecule has 2 heteroatoms. The molecule has 0 spiro atoms. The Morgan fingerprint density at radius 1 is 1.36 bits per heavy atom. The highest BCUT2D eigenvalue weighted by atomic mass is 16.5. The van der Waals surface area contributed by atoms with Crippen LogP contribution in [0.4, 0.5) is 0 Å². The summed E-state index contributed by atoms with van der Waals surface area (Å²) in [6.07, 6.45) is 5.35. The molecule has 0 bridgehead atoms. The molecule has 1 N–H and O–H groups in total. The molecule has 0 saturated carbocycles. The van der Waals surface area contributed by atoms with Crippen LogP contribution in [-0.2, 0) is 4.74 Å². The minimum absolute atomic E-state index is 0.816. The molecule has 0 fully saturated rings. The van der Waals surface area contributed by atoms with Crippen LogP contribution in [0.5, 0.6) is 0 Å². The molecular formula is C9H19NO. The monoisotopic (exact) mass is 157 g/mol. The summed E-state index contributed by atoms with van der Waals surface area (Å²) < 4.78 is 5.16. The second kappa shape index (κ2) is 9.66. The highest BCUT2D eigenvalue weighted by Gasteiger charge is 1.84. The fourth-order valence-electron chi connectivity index (χ4n) is 0.766. The molecule has 0 heterocycles. The minimum atomic E-state index is 0.816. The van der Waals surface area contributed by atoms with Gasteiger partial charge in [-0.25, -0.2) is 0 Å². The first-order valence-electron chi connectivity index (χ1n) is 4.31. The fourth-order valence-corrected chi connectivity index (χ4v) is 0.766. The molecule has 0 aliphatic rings. The molecule has 0 aliphatic heterocycles. The second-order valence-electron chi connectivity index (χ2n) is 2.30. The lowest BCUT2D eigenvalue weighted by atomic mass is 10.4. The van der Waals surface area contributed by atoms with Gasteiger partial charge in [-0.15, -0.1) is 0 Å². The number of ether oxygens (including phenoxy) is 1. The number of hydrogen-bond acceptors (Lipinski definition) is 2. The molecule has 0 amide bonds. The Kier molecular flexibility index (Phi) is 9.36. The number of rotatable bonds is 7. The molecule has 0 rings (SSSR count). The molecule has 0 atom stereocenters. The molecule has 2 nitrogen and oxygen atoms in total. The van der Waals surface area contributed by atoms with Crippen LogP contribution >= 0.6 is 0 Å². The Morgan fingerprint density at radius 2 is 2.18 bits per heavy atom. The molecule has 0 unspecified atom stereocenters. The van der Waals surface area contributed by atoms with Gasteiger partial charge in [0.25, 0.3) is 0 Å². The van der Waals surface area contributed by atoms with Crippen molar-refractivity contribution in [2.75, 3.05) is 26.3 Å². The second-order valence-corrected chi connectivity index (χ2v) is 2.30. The summed E-state index contributed by atoms with van der Waals surface area (Å²) in [4.78, 5) is 0. The van der Waals surface area contributed by atoms with Gasteiger partial charge in [-0.05, 0) is 26.8 Å². The van der Waals surface area contributed by atoms with Crippen LogP contribution in [0.15, 0.2) is 12.2 Å². The summed E-state index contributed by atoms with van der Waals surface area (Å²) >= 11 is 0. The van der Waals surface area contributed by atoms with Crippen LogP contribution in [0, 0.1) is 0 Å². The van der Waals surface area contributed by atoms with Gasteiger partial charge in [0, 0.05) is 13.2 Å². The van der Waals surface area contributed by atoms with Crippen molar-refractivity contribution in [1.29, 1.82) is 0 Å². The van der Waals surface area contributed by atoms with Crippen molar-refractivity contribution >= 4 is 0 Å². The number of allylic oxidation sites excluding steroid dienone is 1. The summed E-state index contributed by atoms with van der Waals surface area (Å²) in [7, 11) is 0. The van der Waals surface area contributed by atoms with Crippen molar-refractivity contribution in [2.24, 2.45) is 0 Å². The van der Waals surface area contributed by atoms with Crippen LogP contribution in [0.1, 0.15) is 20.3 Å². The van der Waals surface area contributed by atoms with Crippen molar-refractivity contribution in [3.63, 3.8) is 0 Å². The quantitative estimate of drug-likeness (QED) is 0.447. The van der Waals surface area contributed by atoms with Crippen molar-refractivity contribution in [3.8, 4) is 0 Å². The molecule has 11 heavy (non-hydrogen) atoms. The maximum Gasteiger partial charge on any atom is 0.0590 e. The van der Waals surface area contributed by atoms with Gasteiger partial charge in [0.1, 0.15) is 0 Å². The highest BCUT2D eigenvalue weighted by Crippen LogP contribution is 1.78. The normalized spacial score (nSPS) is 11.1. The smallest absolute Gasteiger partial charge is 0.0590 e. The zero-order valence-corrected chi connectivity index (χ0v) is 7.60. The third-order valence-corrected chi connectivity index (χ3v) is 1.35. The van der Waals surface area contributed by atoms with Gasteiger partial charge in [-0.3, -0.25) is 0 Å². The zero-order valence-electron chi connectivity index (χ0n) is 7.60. The predicted octanol–water partition coefficient (Wildman–Crippen LogP) is 1.58. The van der Waals surface area contributed by atoms with Gasteiger partial charge in [0.15, 0.2) is 0 Å². The lowest BCUT2D eigenvalue weighted by Gasteiger charge is -2.01. The van der Waals surface area contributed by atoms with Gasteiger partial charge >= 0.3 is 0 Å². The first kappa shape index (κ1) is 10.7. The standard InChI is InChI=1S/C9H19NO/c1-3-5-6-7-10-8-9-11-4-2/h3,5,10H,4,6-9H2,1-2H3/b5-3+. The highest BCUT2D eigenvalue weighted by molar-refractivity contribution is 4.77. The topological polar surface area (TPSA) is 21.3 Å². The van der Waals surface area contributed by atoms with Crippen LogP contribution in [0.3, 0.4) is 0 Å². The average molecular weight is 157 g/mol. The van der Waals surface area contributed by atoms with Crippen LogP contribution < -0.4 is 5.32 Å². The molecule has 0 saturated heterocycles. The maximum atomic E-state index is 5.16. The largest absolute Gasteiger partial charge is 0.380 e. The lowest BCUT2D eigenvalue weighted by Crippen LogP contribution is -2.20. The average Bonchev–Trinajstić information content (AvgIpc) is 2.03. The Bertz CT molecular complexity index is 91.6. The Morgan fingerprint density at radius 3 is 2.82 bits per heavy atom. The SMILES string of the molecule is C/C=C/CCNCCOCC. The van der Waals surface area contributed by atoms with Gasteiger partial charge < -0.3 is 10.1 Å². The Hall–Kier alpha value is -0.340. The van der Waals surface area contributed by atoms with E-state index in [-0.39, 0.29) is 0 Å². The fraction of sp³-hybridized carbons (Fsp3) is 0.778. The molecule has 0 aliphatic carbocycles. The van der Waals surface area contributed by atoms with E-state index in [9.17, 15) is 0 Å². The molecule has 0 aromatic rings. The minimum Gasteiger partial charge on any atom is -0.380 e. The van der Waals surface area contributed by atoms with Crippen LogP contribution in [0.25, 0.3) is 0 Å². The first-order valence-corrected chi connectivity index (χ1v) is 4.31. The molecule has 0 aromatic carbocycles. The molecule has 0 aromatic heterocycles. The van der Waals surface area contributed by atoms with E-state index in [0.717, 1.165) is 32.7 Å². The number of nitrogens with one attached hydrogen (secondary N) is 1. The summed E-state index contributed by atoms with van der Waals surface area (Å²) in [5.41, 5.74) is 0. The lowest BCUT2D eigenvalue weighted by molar-refractivity contribution is 0.149. The third-order valence-electron chi connectivity index (χ3n) is 1.35. The van der Waals surface area contributed by atoms with Gasteiger partial charge in [-0.2, -0.15) is 0 Å². The third kappa shape index (κ3) is 9.66. The van der Waals surface area contributed by atoms with Gasteiger partial charge in [0.2, 0.25) is 0 Å². The van der Waals surface area contributed by atoms with E-state index in [1.807, 2.05) is 13.8 Å².